The van der Waals surface area contributed by atoms with Crippen LogP contribution < -0.4 is 0 Å². The highest BCUT2D eigenvalue weighted by Crippen LogP contribution is 2.15. The molecular formula is C10H21NO3S. The summed E-state index contributed by atoms with van der Waals surface area (Å²) in [6, 6.07) is 0. The zero-order valence-electron chi connectivity index (χ0n) is 9.61. The van der Waals surface area contributed by atoms with Gasteiger partial charge in [-0.25, -0.2) is 0 Å². The lowest BCUT2D eigenvalue weighted by molar-refractivity contribution is 0.171. The molecule has 0 N–H and O–H groups in total. The SMILES string of the molecule is C[C@H]1CCCN(CCCOS(C)(=O)=O)C1. The Balaban J connectivity index is 2.09. The van der Waals surface area contributed by atoms with E-state index in [0.29, 0.717) is 6.61 Å². The lowest BCUT2D eigenvalue weighted by atomic mass is 10.0. The van der Waals surface area contributed by atoms with Crippen molar-refractivity contribution in [2.75, 3.05) is 32.5 Å². The highest BCUT2D eigenvalue weighted by Gasteiger charge is 2.15. The maximum atomic E-state index is 10.7. The van der Waals surface area contributed by atoms with Gasteiger partial charge in [-0.05, 0) is 31.7 Å². The minimum Gasteiger partial charge on any atom is -0.303 e. The molecule has 1 heterocycles. The summed E-state index contributed by atoms with van der Waals surface area (Å²) in [6.07, 6.45) is 4.46. The average Bonchev–Trinajstić information content (AvgIpc) is 2.11. The van der Waals surface area contributed by atoms with Crippen LogP contribution in [0.3, 0.4) is 0 Å². The molecule has 0 aromatic heterocycles. The minimum atomic E-state index is -3.26. The van der Waals surface area contributed by atoms with Crippen LogP contribution in [0.25, 0.3) is 0 Å². The Bertz CT molecular complexity index is 276. The summed E-state index contributed by atoms with van der Waals surface area (Å²) in [5.74, 6) is 0.773. The molecule has 90 valence electrons. The Labute approximate surface area is 92.7 Å². The molecule has 0 saturated carbocycles. The standard InChI is InChI=1S/C10H21NO3S/c1-10-5-3-6-11(9-10)7-4-8-14-15(2,12)13/h10H,3-9H2,1-2H3/t10-/m0/s1. The second kappa shape index (κ2) is 5.82. The summed E-state index contributed by atoms with van der Waals surface area (Å²) >= 11 is 0. The summed E-state index contributed by atoms with van der Waals surface area (Å²) in [5, 5.41) is 0. The van der Waals surface area contributed by atoms with Gasteiger partial charge in [-0.15, -0.1) is 0 Å². The van der Waals surface area contributed by atoms with Crippen LogP contribution >= 0.6 is 0 Å². The maximum Gasteiger partial charge on any atom is 0.264 e. The first-order valence-electron chi connectivity index (χ1n) is 5.54. The van der Waals surface area contributed by atoms with E-state index in [4.69, 9.17) is 4.18 Å². The van der Waals surface area contributed by atoms with Crippen molar-refractivity contribution in [3.8, 4) is 0 Å². The molecule has 1 aliphatic rings. The van der Waals surface area contributed by atoms with Crippen molar-refractivity contribution >= 4 is 10.1 Å². The second-order valence-electron chi connectivity index (χ2n) is 4.43. The van der Waals surface area contributed by atoms with Gasteiger partial charge in [0.05, 0.1) is 12.9 Å². The molecule has 0 aromatic rings. The summed E-state index contributed by atoms with van der Waals surface area (Å²) in [5.41, 5.74) is 0. The molecule has 1 saturated heterocycles. The van der Waals surface area contributed by atoms with E-state index in [0.717, 1.165) is 38.2 Å². The van der Waals surface area contributed by atoms with E-state index in [-0.39, 0.29) is 0 Å². The molecular weight excluding hydrogens is 214 g/mol. The fourth-order valence-electron chi connectivity index (χ4n) is 1.99. The summed E-state index contributed by atoms with van der Waals surface area (Å²) in [7, 11) is -3.26. The van der Waals surface area contributed by atoms with E-state index >= 15 is 0 Å². The molecule has 4 nitrogen and oxygen atoms in total. The van der Waals surface area contributed by atoms with Crippen molar-refractivity contribution in [2.45, 2.75) is 26.2 Å². The van der Waals surface area contributed by atoms with Gasteiger partial charge in [0, 0.05) is 13.1 Å². The molecule has 5 heteroatoms. The predicted molar refractivity (Wildman–Crippen MR) is 60.3 cm³/mol. The molecule has 1 aliphatic heterocycles. The van der Waals surface area contributed by atoms with E-state index < -0.39 is 10.1 Å². The van der Waals surface area contributed by atoms with Crippen molar-refractivity contribution in [1.82, 2.24) is 4.90 Å². The fourth-order valence-corrected chi connectivity index (χ4v) is 2.41. The Morgan fingerprint density at radius 3 is 2.80 bits per heavy atom. The van der Waals surface area contributed by atoms with Crippen LogP contribution in [-0.2, 0) is 14.3 Å². The van der Waals surface area contributed by atoms with Gasteiger partial charge < -0.3 is 4.90 Å². The monoisotopic (exact) mass is 235 g/mol. The van der Waals surface area contributed by atoms with Gasteiger partial charge >= 0.3 is 0 Å². The largest absolute Gasteiger partial charge is 0.303 e. The third-order valence-corrected chi connectivity index (χ3v) is 3.25. The van der Waals surface area contributed by atoms with Gasteiger partial charge in [-0.2, -0.15) is 8.42 Å². The Morgan fingerprint density at radius 1 is 1.47 bits per heavy atom. The number of piperidine rings is 1. The first-order chi connectivity index (χ1) is 6.97. The summed E-state index contributed by atoms with van der Waals surface area (Å²) in [6.45, 7) is 5.80. The van der Waals surface area contributed by atoms with E-state index in [2.05, 4.69) is 11.8 Å². The Hall–Kier alpha value is -0.130. The van der Waals surface area contributed by atoms with Crippen molar-refractivity contribution in [3.05, 3.63) is 0 Å². The van der Waals surface area contributed by atoms with Crippen LogP contribution in [0.15, 0.2) is 0 Å². The zero-order chi connectivity index (χ0) is 11.3. The molecule has 0 radical (unpaired) electrons. The third-order valence-electron chi connectivity index (χ3n) is 2.66. The molecule has 1 rings (SSSR count). The van der Waals surface area contributed by atoms with Gasteiger partial charge in [0.1, 0.15) is 0 Å². The molecule has 1 atom stereocenters. The molecule has 0 amide bonds. The van der Waals surface area contributed by atoms with E-state index in [1.54, 1.807) is 0 Å². The molecule has 1 fully saturated rings. The topological polar surface area (TPSA) is 46.6 Å². The van der Waals surface area contributed by atoms with Gasteiger partial charge in [0.25, 0.3) is 10.1 Å². The van der Waals surface area contributed by atoms with Crippen LogP contribution in [0.4, 0.5) is 0 Å². The second-order valence-corrected chi connectivity index (χ2v) is 6.07. The van der Waals surface area contributed by atoms with Crippen molar-refractivity contribution in [1.29, 1.82) is 0 Å². The number of rotatable bonds is 5. The highest BCUT2D eigenvalue weighted by atomic mass is 32.2. The molecule has 0 bridgehead atoms. The predicted octanol–water partition coefficient (Wildman–Crippen LogP) is 1.08. The quantitative estimate of drug-likeness (QED) is 0.528. The van der Waals surface area contributed by atoms with E-state index in [1.807, 2.05) is 0 Å². The van der Waals surface area contributed by atoms with E-state index in [9.17, 15) is 8.42 Å². The lowest BCUT2D eigenvalue weighted by Gasteiger charge is -2.30. The van der Waals surface area contributed by atoms with E-state index in [1.165, 1.54) is 12.8 Å². The fraction of sp³-hybridized carbons (Fsp3) is 1.00. The van der Waals surface area contributed by atoms with Gasteiger partial charge in [-0.3, -0.25) is 4.18 Å². The van der Waals surface area contributed by atoms with Crippen LogP contribution in [-0.4, -0.2) is 45.8 Å². The van der Waals surface area contributed by atoms with Crippen LogP contribution in [0, 0.1) is 5.92 Å². The average molecular weight is 235 g/mol. The first kappa shape index (κ1) is 12.9. The van der Waals surface area contributed by atoms with Gasteiger partial charge in [-0.1, -0.05) is 6.92 Å². The third kappa shape index (κ3) is 6.12. The van der Waals surface area contributed by atoms with Crippen LogP contribution in [0.1, 0.15) is 26.2 Å². The van der Waals surface area contributed by atoms with Gasteiger partial charge in [0.2, 0.25) is 0 Å². The smallest absolute Gasteiger partial charge is 0.264 e. The normalized spacial score (nSPS) is 24.3. The number of likely N-dealkylation sites (tertiary alicyclic amines) is 1. The minimum absolute atomic E-state index is 0.309. The summed E-state index contributed by atoms with van der Waals surface area (Å²) < 4.78 is 26.1. The highest BCUT2D eigenvalue weighted by molar-refractivity contribution is 7.85. The van der Waals surface area contributed by atoms with Gasteiger partial charge in [0.15, 0.2) is 0 Å². The Morgan fingerprint density at radius 2 is 2.20 bits per heavy atom. The van der Waals surface area contributed by atoms with Crippen molar-refractivity contribution < 1.29 is 12.6 Å². The number of hydrogen-bond donors (Lipinski definition) is 0. The molecule has 0 spiro atoms. The number of hydrogen-bond acceptors (Lipinski definition) is 4. The number of nitrogens with zero attached hydrogens (tertiary/aromatic N) is 1. The Kier molecular flexibility index (Phi) is 5.02. The van der Waals surface area contributed by atoms with Crippen molar-refractivity contribution in [2.24, 2.45) is 5.92 Å². The zero-order valence-corrected chi connectivity index (χ0v) is 10.4. The first-order valence-corrected chi connectivity index (χ1v) is 7.36. The summed E-state index contributed by atoms with van der Waals surface area (Å²) in [4.78, 5) is 2.39. The maximum absolute atomic E-state index is 10.7. The van der Waals surface area contributed by atoms with Crippen molar-refractivity contribution in [3.63, 3.8) is 0 Å². The van der Waals surface area contributed by atoms with Crippen LogP contribution in [0.2, 0.25) is 0 Å². The molecule has 0 aromatic carbocycles. The van der Waals surface area contributed by atoms with Crippen LogP contribution in [0.5, 0.6) is 0 Å². The molecule has 0 unspecified atom stereocenters. The lowest BCUT2D eigenvalue weighted by Crippen LogP contribution is -2.35. The molecule has 0 aliphatic carbocycles. The molecule has 15 heavy (non-hydrogen) atoms.